The van der Waals surface area contributed by atoms with Crippen molar-refractivity contribution in [3.63, 3.8) is 0 Å². The molecule has 0 aliphatic heterocycles. The Bertz CT molecular complexity index is 567. The van der Waals surface area contributed by atoms with Crippen LogP contribution in [-0.2, 0) is 19.1 Å². The first kappa shape index (κ1) is 32.1. The van der Waals surface area contributed by atoms with Crippen molar-refractivity contribution in [2.75, 3.05) is 26.3 Å². The second kappa shape index (κ2) is 22.8. The molecule has 0 aliphatic rings. The van der Waals surface area contributed by atoms with Crippen LogP contribution < -0.4 is 5.32 Å². The van der Waals surface area contributed by atoms with E-state index in [4.69, 9.17) is 14.9 Å². The molecule has 0 aromatic heterocycles. The Balaban J connectivity index is 3.80. The van der Waals surface area contributed by atoms with E-state index in [2.05, 4.69) is 24.4 Å². The number of amides is 1. The molecule has 0 rings (SSSR count). The Hall–Kier alpha value is -1.93. The fourth-order valence-corrected chi connectivity index (χ4v) is 3.68. The molecular weight excluding hydrogens is 436 g/mol. The first-order chi connectivity index (χ1) is 16.4. The number of carboxylic acids is 2. The molecule has 1 amide bonds. The second-order valence-electron chi connectivity index (χ2n) is 8.89. The summed E-state index contributed by atoms with van der Waals surface area (Å²) < 4.78 is 4.97. The minimum Gasteiger partial charge on any atom is -0.480 e. The number of hydrogen-bond donors (Lipinski definition) is 3. The highest BCUT2D eigenvalue weighted by atomic mass is 16.5. The first-order valence-corrected chi connectivity index (χ1v) is 13.1. The minimum atomic E-state index is -1.08. The summed E-state index contributed by atoms with van der Waals surface area (Å²) in [7, 11) is 0. The zero-order chi connectivity index (χ0) is 25.4. The Labute approximate surface area is 206 Å². The fraction of sp³-hybridized carbons (Fsp3) is 0.808. The number of carbonyl (C=O) groups is 3. The van der Waals surface area contributed by atoms with Gasteiger partial charge >= 0.3 is 11.9 Å². The Morgan fingerprint density at radius 2 is 1.41 bits per heavy atom. The number of nitrogens with zero attached hydrogens (tertiary/aromatic N) is 1. The lowest BCUT2D eigenvalue weighted by atomic mass is 10.1. The summed E-state index contributed by atoms with van der Waals surface area (Å²) in [6.45, 7) is 3.57. The van der Waals surface area contributed by atoms with E-state index in [1.165, 1.54) is 57.8 Å². The van der Waals surface area contributed by atoms with Gasteiger partial charge in [0.25, 0.3) is 0 Å². The van der Waals surface area contributed by atoms with Gasteiger partial charge < -0.3 is 20.3 Å². The molecule has 0 spiro atoms. The molecule has 3 N–H and O–H groups in total. The highest BCUT2D eigenvalue weighted by molar-refractivity contribution is 5.76. The molecule has 0 aromatic carbocycles. The number of aliphatic carboxylic acids is 2. The molecule has 0 aromatic rings. The van der Waals surface area contributed by atoms with Gasteiger partial charge in [-0.2, -0.15) is 0 Å². The van der Waals surface area contributed by atoms with Crippen molar-refractivity contribution in [2.45, 2.75) is 110 Å². The van der Waals surface area contributed by atoms with Gasteiger partial charge in [-0.15, -0.1) is 0 Å². The van der Waals surface area contributed by atoms with E-state index in [0.29, 0.717) is 6.42 Å². The zero-order valence-corrected chi connectivity index (χ0v) is 21.4. The topological polar surface area (TPSA) is 116 Å². The molecule has 0 fully saturated rings. The minimum absolute atomic E-state index is 0.0774. The Morgan fingerprint density at radius 1 is 0.853 bits per heavy atom. The van der Waals surface area contributed by atoms with Crippen molar-refractivity contribution in [1.29, 1.82) is 0 Å². The van der Waals surface area contributed by atoms with Crippen LogP contribution in [0.5, 0.6) is 0 Å². The van der Waals surface area contributed by atoms with Crippen LogP contribution in [-0.4, -0.2) is 65.4 Å². The third kappa shape index (κ3) is 21.9. The molecule has 0 aliphatic carbocycles. The van der Waals surface area contributed by atoms with Gasteiger partial charge in [-0.25, -0.2) is 4.79 Å². The third-order valence-corrected chi connectivity index (χ3v) is 5.67. The zero-order valence-electron chi connectivity index (χ0n) is 21.4. The van der Waals surface area contributed by atoms with E-state index >= 15 is 0 Å². The van der Waals surface area contributed by atoms with E-state index in [0.717, 1.165) is 25.7 Å². The predicted molar refractivity (Wildman–Crippen MR) is 135 cm³/mol. The summed E-state index contributed by atoms with van der Waals surface area (Å²) in [6.07, 6.45) is 20.2. The molecule has 0 saturated carbocycles. The van der Waals surface area contributed by atoms with Crippen LogP contribution in [0.1, 0.15) is 104 Å². The van der Waals surface area contributed by atoms with Crippen LogP contribution in [0.4, 0.5) is 0 Å². The number of allylic oxidation sites excluding steroid dienone is 2. The van der Waals surface area contributed by atoms with Gasteiger partial charge in [0.2, 0.25) is 5.91 Å². The van der Waals surface area contributed by atoms with Crippen molar-refractivity contribution >= 4 is 17.8 Å². The maximum atomic E-state index is 12.2. The molecular formula is C26H48N2O6. The summed E-state index contributed by atoms with van der Waals surface area (Å²) in [5, 5.41) is 20.5. The Kier molecular flexibility index (Phi) is 21.5. The quantitative estimate of drug-likeness (QED) is 0.101. The van der Waals surface area contributed by atoms with Crippen LogP contribution in [0.2, 0.25) is 0 Å². The maximum absolute atomic E-state index is 12.2. The normalized spacial score (nSPS) is 12.3. The molecule has 1 unspecified atom stereocenters. The van der Waals surface area contributed by atoms with E-state index < -0.39 is 24.7 Å². The lowest BCUT2D eigenvalue weighted by Crippen LogP contribution is -2.49. The lowest BCUT2D eigenvalue weighted by Gasteiger charge is -2.28. The first-order valence-electron chi connectivity index (χ1n) is 13.1. The summed E-state index contributed by atoms with van der Waals surface area (Å²) in [4.78, 5) is 35.3. The van der Waals surface area contributed by atoms with E-state index in [-0.39, 0.29) is 25.6 Å². The fourth-order valence-electron chi connectivity index (χ4n) is 3.68. The lowest BCUT2D eigenvalue weighted by molar-refractivity contribution is -0.144. The largest absolute Gasteiger partial charge is 0.480 e. The van der Waals surface area contributed by atoms with Crippen LogP contribution in [0, 0.1) is 0 Å². The van der Waals surface area contributed by atoms with E-state index in [9.17, 15) is 14.4 Å². The predicted octanol–water partition coefficient (Wildman–Crippen LogP) is 4.97. The molecule has 1 atom stereocenters. The van der Waals surface area contributed by atoms with Crippen molar-refractivity contribution in [1.82, 2.24) is 10.2 Å². The molecule has 0 heterocycles. The molecule has 0 bridgehead atoms. The number of unbranched alkanes of at least 4 members (excludes halogenated alkanes) is 11. The number of hydrogen-bond acceptors (Lipinski definition) is 5. The third-order valence-electron chi connectivity index (χ3n) is 5.67. The standard InChI is InChI=1S/C26H48N2O6/c1-3-4-5-6-7-8-9-10-11-12-13-14-15-16-17-18-24(29)27-23(2)28(21-25(30)31)19-20-34-22-26(32)33/h10-11,23H,3-9,12-22H2,1-2H3,(H,27,29)(H,30,31)(H,32,33)/b11-10-. The number of ether oxygens (including phenoxy) is 1. The van der Waals surface area contributed by atoms with E-state index in [1.54, 1.807) is 11.8 Å². The van der Waals surface area contributed by atoms with Gasteiger partial charge in [0.15, 0.2) is 0 Å². The molecule has 8 heteroatoms. The molecule has 198 valence electrons. The van der Waals surface area contributed by atoms with Gasteiger partial charge in [-0.05, 0) is 39.0 Å². The van der Waals surface area contributed by atoms with Crippen LogP contribution >= 0.6 is 0 Å². The van der Waals surface area contributed by atoms with Gasteiger partial charge in [-0.3, -0.25) is 14.5 Å². The smallest absolute Gasteiger partial charge is 0.329 e. The highest BCUT2D eigenvalue weighted by Crippen LogP contribution is 2.10. The summed E-state index contributed by atoms with van der Waals surface area (Å²) in [5.74, 6) is -2.20. The maximum Gasteiger partial charge on any atom is 0.329 e. The van der Waals surface area contributed by atoms with Gasteiger partial charge in [0.1, 0.15) is 6.61 Å². The van der Waals surface area contributed by atoms with Crippen molar-refractivity contribution in [3.05, 3.63) is 12.2 Å². The number of rotatable bonds is 24. The summed E-state index contributed by atoms with van der Waals surface area (Å²) in [5.41, 5.74) is 0. The highest BCUT2D eigenvalue weighted by Gasteiger charge is 2.18. The molecule has 8 nitrogen and oxygen atoms in total. The Morgan fingerprint density at radius 3 is 1.97 bits per heavy atom. The van der Waals surface area contributed by atoms with Crippen molar-refractivity contribution in [2.24, 2.45) is 0 Å². The second-order valence-corrected chi connectivity index (χ2v) is 8.89. The van der Waals surface area contributed by atoms with Gasteiger partial charge in [0, 0.05) is 13.0 Å². The number of carbonyl (C=O) groups excluding carboxylic acids is 1. The monoisotopic (exact) mass is 484 g/mol. The van der Waals surface area contributed by atoms with Gasteiger partial charge in [-0.1, -0.05) is 70.4 Å². The van der Waals surface area contributed by atoms with Crippen LogP contribution in [0.15, 0.2) is 12.2 Å². The number of nitrogens with one attached hydrogen (secondary N) is 1. The van der Waals surface area contributed by atoms with Crippen molar-refractivity contribution < 1.29 is 29.3 Å². The van der Waals surface area contributed by atoms with Crippen molar-refractivity contribution in [3.8, 4) is 0 Å². The average molecular weight is 485 g/mol. The van der Waals surface area contributed by atoms with Crippen LogP contribution in [0.25, 0.3) is 0 Å². The summed E-state index contributed by atoms with van der Waals surface area (Å²) in [6, 6.07) is 0. The molecule has 0 radical (unpaired) electrons. The van der Waals surface area contributed by atoms with Crippen LogP contribution in [0.3, 0.4) is 0 Å². The average Bonchev–Trinajstić information content (AvgIpc) is 2.78. The summed E-state index contributed by atoms with van der Waals surface area (Å²) >= 11 is 0. The number of carboxylic acid groups (broad SMARTS) is 2. The van der Waals surface area contributed by atoms with E-state index in [1.807, 2.05) is 0 Å². The SMILES string of the molecule is CCCCCCCC/C=C\CCCCCCCC(=O)NC(C)N(CCOCC(=O)O)CC(=O)O. The molecule has 34 heavy (non-hydrogen) atoms. The molecule has 0 saturated heterocycles. The van der Waals surface area contributed by atoms with Gasteiger partial charge in [0.05, 0.1) is 19.3 Å².